The second-order valence-electron chi connectivity index (χ2n) is 11.6. The van der Waals surface area contributed by atoms with Gasteiger partial charge in [0.2, 0.25) is 5.82 Å². The van der Waals surface area contributed by atoms with E-state index in [9.17, 15) is 5.26 Å². The Kier molecular flexibility index (Phi) is 7.31. The molecule has 14 heteroatoms. The number of ether oxygens (including phenoxy) is 2. The molecule has 11 nitrogen and oxygen atoms in total. The van der Waals surface area contributed by atoms with E-state index in [1.807, 2.05) is 11.8 Å². The molecule has 3 saturated heterocycles. The van der Waals surface area contributed by atoms with Crippen LogP contribution in [0.3, 0.4) is 0 Å². The first-order chi connectivity index (χ1) is 21.3. The fraction of sp³-hybridized carbons (Fsp3) is 0.467. The van der Waals surface area contributed by atoms with Crippen LogP contribution in [-0.4, -0.2) is 77.9 Å². The van der Waals surface area contributed by atoms with Crippen molar-refractivity contribution in [2.75, 3.05) is 73.8 Å². The molecule has 0 amide bonds. The quantitative estimate of drug-likeness (QED) is 0.372. The fourth-order valence-corrected chi connectivity index (χ4v) is 9.72. The van der Waals surface area contributed by atoms with Gasteiger partial charge in [0, 0.05) is 59.8 Å². The van der Waals surface area contributed by atoms with Crippen LogP contribution in [-0.2, 0) is 15.2 Å². The molecular weight excluding hydrogens is 602 g/mol. The second-order valence-corrected chi connectivity index (χ2v) is 14.1. The van der Waals surface area contributed by atoms with Crippen LogP contribution >= 0.6 is 23.1 Å². The molecule has 1 spiro atoms. The van der Waals surface area contributed by atoms with Gasteiger partial charge < -0.3 is 30.7 Å². The lowest BCUT2D eigenvalue weighted by Crippen LogP contribution is -2.57. The zero-order chi connectivity index (χ0) is 30.6. The molecule has 3 fully saturated rings. The molecule has 0 saturated carbocycles. The van der Waals surface area contributed by atoms with E-state index in [1.54, 1.807) is 35.0 Å². The highest BCUT2D eigenvalue weighted by molar-refractivity contribution is 8.00. The van der Waals surface area contributed by atoms with Crippen molar-refractivity contribution in [2.45, 2.75) is 35.8 Å². The summed E-state index contributed by atoms with van der Waals surface area (Å²) in [5.41, 5.74) is 14.7. The number of nitrogens with zero attached hydrogens (tertiary/aromatic N) is 7. The van der Waals surface area contributed by atoms with Crippen LogP contribution in [0.4, 0.5) is 26.8 Å². The SMILES string of the molecule is C=C(c1cccnc1N)N(CC)c1nc(OCC23CCCN2CCOC3)nc(N2CC3(C2)SCc2sc(N)c(C#N)c23)c1F. The van der Waals surface area contributed by atoms with Gasteiger partial charge in [-0.05, 0) is 38.4 Å². The third-order valence-electron chi connectivity index (χ3n) is 9.18. The summed E-state index contributed by atoms with van der Waals surface area (Å²) in [5, 5.41) is 10.4. The number of aromatic nitrogens is 3. The zero-order valence-electron chi connectivity index (χ0n) is 24.5. The maximum Gasteiger partial charge on any atom is 0.320 e. The molecule has 7 heterocycles. The molecule has 1 atom stereocenters. The number of hydrogen-bond donors (Lipinski definition) is 2. The Morgan fingerprint density at radius 2 is 2.16 bits per heavy atom. The summed E-state index contributed by atoms with van der Waals surface area (Å²) in [7, 11) is 0. The number of nitriles is 1. The predicted molar refractivity (Wildman–Crippen MR) is 171 cm³/mol. The number of anilines is 4. The van der Waals surface area contributed by atoms with Crippen LogP contribution in [0.15, 0.2) is 24.9 Å². The van der Waals surface area contributed by atoms with Gasteiger partial charge in [-0.25, -0.2) is 4.98 Å². The number of nitrogen functional groups attached to an aromatic ring is 2. The lowest BCUT2D eigenvalue weighted by molar-refractivity contribution is -0.0665. The number of rotatable bonds is 8. The van der Waals surface area contributed by atoms with Gasteiger partial charge in [0.25, 0.3) is 0 Å². The normalized spacial score (nSPS) is 21.9. The molecule has 44 heavy (non-hydrogen) atoms. The highest BCUT2D eigenvalue weighted by atomic mass is 32.2. The summed E-state index contributed by atoms with van der Waals surface area (Å²) in [5.74, 6) is 0.703. The van der Waals surface area contributed by atoms with Crippen LogP contribution in [0.5, 0.6) is 6.01 Å². The molecular formula is C30H34FN9O2S2. The minimum Gasteiger partial charge on any atom is -0.461 e. The van der Waals surface area contributed by atoms with E-state index in [1.165, 1.54) is 11.3 Å². The summed E-state index contributed by atoms with van der Waals surface area (Å²) in [4.78, 5) is 20.6. The van der Waals surface area contributed by atoms with Gasteiger partial charge in [-0.2, -0.15) is 19.6 Å². The molecule has 230 valence electrons. The molecule has 1 unspecified atom stereocenters. The molecule has 0 aromatic carbocycles. The summed E-state index contributed by atoms with van der Waals surface area (Å²) >= 11 is 3.24. The Labute approximate surface area is 263 Å². The summed E-state index contributed by atoms with van der Waals surface area (Å²) in [6, 6.07) is 5.95. The first-order valence-electron chi connectivity index (χ1n) is 14.7. The predicted octanol–water partition coefficient (Wildman–Crippen LogP) is 3.81. The Hall–Kier alpha value is -3.64. The van der Waals surface area contributed by atoms with E-state index in [0.717, 1.165) is 42.1 Å². The van der Waals surface area contributed by atoms with Crippen molar-refractivity contribution in [2.24, 2.45) is 0 Å². The molecule has 3 aromatic heterocycles. The van der Waals surface area contributed by atoms with Crippen LogP contribution in [0.2, 0.25) is 0 Å². The van der Waals surface area contributed by atoms with Gasteiger partial charge in [0.1, 0.15) is 23.5 Å². The third kappa shape index (κ3) is 4.56. The maximum atomic E-state index is 16.6. The van der Waals surface area contributed by atoms with Crippen LogP contribution in [0.1, 0.15) is 41.3 Å². The van der Waals surface area contributed by atoms with Crippen molar-refractivity contribution < 1.29 is 13.9 Å². The first kappa shape index (κ1) is 29.1. The van der Waals surface area contributed by atoms with E-state index in [0.29, 0.717) is 67.1 Å². The average molecular weight is 636 g/mol. The lowest BCUT2D eigenvalue weighted by Gasteiger charge is -2.48. The molecule has 7 rings (SSSR count). The zero-order valence-corrected chi connectivity index (χ0v) is 26.1. The maximum absolute atomic E-state index is 16.6. The molecule has 0 aliphatic carbocycles. The minimum atomic E-state index is -0.576. The van der Waals surface area contributed by atoms with E-state index < -0.39 is 5.82 Å². The molecule has 3 aromatic rings. The van der Waals surface area contributed by atoms with Crippen molar-refractivity contribution in [3.05, 3.63) is 52.3 Å². The number of nitrogens with two attached hydrogens (primary N) is 2. The first-order valence-corrected chi connectivity index (χ1v) is 16.5. The van der Waals surface area contributed by atoms with Crippen LogP contribution in [0, 0.1) is 17.1 Å². The number of thioether (sulfide) groups is 1. The number of fused-ring (bicyclic) bond motifs is 3. The highest BCUT2D eigenvalue weighted by Crippen LogP contribution is 2.58. The van der Waals surface area contributed by atoms with Crippen molar-refractivity contribution in [3.63, 3.8) is 0 Å². The molecule has 0 radical (unpaired) electrons. The van der Waals surface area contributed by atoms with E-state index in [-0.39, 0.29) is 27.9 Å². The number of halogens is 1. The van der Waals surface area contributed by atoms with Gasteiger partial charge in [-0.1, -0.05) is 6.58 Å². The Morgan fingerprint density at radius 3 is 2.93 bits per heavy atom. The van der Waals surface area contributed by atoms with Crippen molar-refractivity contribution in [1.29, 1.82) is 5.26 Å². The van der Waals surface area contributed by atoms with Crippen LogP contribution in [0.25, 0.3) is 5.70 Å². The van der Waals surface area contributed by atoms with Gasteiger partial charge in [0.05, 0.1) is 29.1 Å². The largest absolute Gasteiger partial charge is 0.461 e. The van der Waals surface area contributed by atoms with Crippen molar-refractivity contribution >= 4 is 51.3 Å². The fourth-order valence-electron chi connectivity index (χ4n) is 6.92. The Bertz CT molecular complexity index is 1670. The molecule has 4 aliphatic rings. The van der Waals surface area contributed by atoms with Gasteiger partial charge >= 0.3 is 6.01 Å². The van der Waals surface area contributed by atoms with Gasteiger partial charge in [-0.15, -0.1) is 23.1 Å². The summed E-state index contributed by atoms with van der Waals surface area (Å²) in [6.07, 6.45) is 3.62. The number of pyridine rings is 1. The third-order valence-corrected chi connectivity index (χ3v) is 11.8. The average Bonchev–Trinajstić information content (AvgIpc) is 3.69. The molecule has 4 N–H and O–H groups in total. The number of morpholine rings is 1. The number of thiophene rings is 1. The van der Waals surface area contributed by atoms with Gasteiger partial charge in [0.15, 0.2) is 11.6 Å². The van der Waals surface area contributed by atoms with Crippen molar-refractivity contribution in [1.82, 2.24) is 19.9 Å². The monoisotopic (exact) mass is 635 g/mol. The topological polar surface area (TPSA) is 143 Å². The Balaban J connectivity index is 1.24. The highest BCUT2D eigenvalue weighted by Gasteiger charge is 2.53. The Morgan fingerprint density at radius 1 is 1.32 bits per heavy atom. The van der Waals surface area contributed by atoms with E-state index >= 15 is 4.39 Å². The molecule has 0 bridgehead atoms. The smallest absolute Gasteiger partial charge is 0.320 e. The second kappa shape index (κ2) is 11.1. The standard InChI is InChI=1S/C30H34FN9O2S2/c1-3-40(18(2)19-6-4-8-35-24(19)33)27-23(31)26(36-28(37-27)42-17-29-7-5-9-39(29)10-11-41-16-29)38-14-30(15-38)22-20(12-32)25(34)44-21(22)13-43-30/h4,6,8H,2-3,5,7,9-11,13-17,34H2,1H3,(H2,33,35). The summed E-state index contributed by atoms with van der Waals surface area (Å²) in [6.45, 7) is 10.9. The lowest BCUT2D eigenvalue weighted by atomic mass is 9.88. The van der Waals surface area contributed by atoms with E-state index in [2.05, 4.69) is 32.5 Å². The summed E-state index contributed by atoms with van der Waals surface area (Å²) < 4.78 is 28.5. The van der Waals surface area contributed by atoms with Crippen molar-refractivity contribution in [3.8, 4) is 12.1 Å². The van der Waals surface area contributed by atoms with Gasteiger partial charge in [-0.3, -0.25) is 4.90 Å². The number of hydrogen-bond acceptors (Lipinski definition) is 13. The van der Waals surface area contributed by atoms with Crippen LogP contribution < -0.4 is 26.0 Å². The van der Waals surface area contributed by atoms with E-state index in [4.69, 9.17) is 20.9 Å². The minimum absolute atomic E-state index is 0.0552. The molecule has 4 aliphatic heterocycles.